The molecule has 0 aromatic carbocycles. The molecule has 0 atom stereocenters. The van der Waals surface area contributed by atoms with E-state index < -0.39 is 0 Å². The van der Waals surface area contributed by atoms with Gasteiger partial charge < -0.3 is 10.1 Å². The lowest BCUT2D eigenvalue weighted by atomic mass is 10.3. The van der Waals surface area contributed by atoms with Crippen molar-refractivity contribution in [1.82, 2.24) is 4.98 Å². The molecule has 0 aliphatic carbocycles. The summed E-state index contributed by atoms with van der Waals surface area (Å²) in [4.78, 5) is 16.7. The van der Waals surface area contributed by atoms with Gasteiger partial charge in [0.05, 0.1) is 19.0 Å². The number of pyridine rings is 1. The fourth-order valence-corrected chi connectivity index (χ4v) is 1.92. The third kappa shape index (κ3) is 3.43. The summed E-state index contributed by atoms with van der Waals surface area (Å²) < 4.78 is 4.93. The molecular formula is C13H12N2O2S. The van der Waals surface area contributed by atoms with Crippen LogP contribution in [0.2, 0.25) is 0 Å². The van der Waals surface area contributed by atoms with Crippen LogP contribution in [0.15, 0.2) is 41.9 Å². The van der Waals surface area contributed by atoms with Crippen molar-refractivity contribution in [2.75, 3.05) is 12.4 Å². The Balaban J connectivity index is 1.94. The number of carbonyl (C=O) groups excluding carboxylic acids is 1. The number of carbonyl (C=O) groups is 1. The minimum Gasteiger partial charge on any atom is -0.481 e. The van der Waals surface area contributed by atoms with Crippen molar-refractivity contribution < 1.29 is 9.53 Å². The lowest BCUT2D eigenvalue weighted by Crippen LogP contribution is -2.07. The van der Waals surface area contributed by atoms with E-state index in [1.807, 2.05) is 17.5 Å². The van der Waals surface area contributed by atoms with Gasteiger partial charge in [0.1, 0.15) is 0 Å². The quantitative estimate of drug-likeness (QED) is 0.860. The second-order valence-electron chi connectivity index (χ2n) is 3.43. The van der Waals surface area contributed by atoms with E-state index >= 15 is 0 Å². The largest absolute Gasteiger partial charge is 0.481 e. The first kappa shape index (κ1) is 12.3. The Kier molecular flexibility index (Phi) is 4.09. The highest BCUT2D eigenvalue weighted by Crippen LogP contribution is 2.12. The number of nitrogens with zero attached hydrogens (tertiary/aromatic N) is 1. The second-order valence-corrected chi connectivity index (χ2v) is 4.41. The molecule has 0 unspecified atom stereocenters. The summed E-state index contributed by atoms with van der Waals surface area (Å²) in [6, 6.07) is 7.32. The fraction of sp³-hybridized carbons (Fsp3) is 0.0769. The zero-order valence-corrected chi connectivity index (χ0v) is 10.6. The van der Waals surface area contributed by atoms with Crippen LogP contribution in [0.25, 0.3) is 6.08 Å². The molecule has 4 nitrogen and oxygen atoms in total. The molecule has 18 heavy (non-hydrogen) atoms. The number of methoxy groups -OCH3 is 1. The van der Waals surface area contributed by atoms with E-state index in [9.17, 15) is 4.79 Å². The van der Waals surface area contributed by atoms with Crippen molar-refractivity contribution in [3.05, 3.63) is 46.8 Å². The third-order valence-electron chi connectivity index (χ3n) is 2.16. The van der Waals surface area contributed by atoms with E-state index in [1.165, 1.54) is 6.08 Å². The molecule has 0 saturated carbocycles. The van der Waals surface area contributed by atoms with Gasteiger partial charge in [-0.3, -0.25) is 4.79 Å². The highest BCUT2D eigenvalue weighted by atomic mass is 32.1. The monoisotopic (exact) mass is 260 g/mol. The summed E-state index contributed by atoms with van der Waals surface area (Å²) in [7, 11) is 1.55. The van der Waals surface area contributed by atoms with Crippen molar-refractivity contribution in [2.24, 2.45) is 0 Å². The molecule has 2 aromatic rings. The van der Waals surface area contributed by atoms with E-state index in [0.717, 1.165) is 4.88 Å². The van der Waals surface area contributed by atoms with Gasteiger partial charge in [-0.25, -0.2) is 4.98 Å². The number of hydrogen-bond acceptors (Lipinski definition) is 4. The Bertz CT molecular complexity index is 533. The first-order valence-corrected chi connectivity index (χ1v) is 6.18. The first-order chi connectivity index (χ1) is 8.78. The summed E-state index contributed by atoms with van der Waals surface area (Å²) in [6.07, 6.45) is 4.82. The van der Waals surface area contributed by atoms with Crippen LogP contribution in [-0.4, -0.2) is 18.0 Å². The maximum Gasteiger partial charge on any atom is 0.248 e. The summed E-state index contributed by atoms with van der Waals surface area (Å²) >= 11 is 1.58. The lowest BCUT2D eigenvalue weighted by Gasteiger charge is -2.02. The van der Waals surface area contributed by atoms with Gasteiger partial charge in [0, 0.05) is 17.0 Å². The van der Waals surface area contributed by atoms with E-state index in [2.05, 4.69) is 10.3 Å². The topological polar surface area (TPSA) is 51.2 Å². The van der Waals surface area contributed by atoms with Crippen LogP contribution < -0.4 is 10.1 Å². The molecule has 2 rings (SSSR count). The van der Waals surface area contributed by atoms with Gasteiger partial charge in [-0.05, 0) is 23.6 Å². The van der Waals surface area contributed by atoms with Gasteiger partial charge >= 0.3 is 0 Å². The van der Waals surface area contributed by atoms with Crippen molar-refractivity contribution in [2.45, 2.75) is 0 Å². The van der Waals surface area contributed by atoms with Gasteiger partial charge in [-0.2, -0.15) is 0 Å². The van der Waals surface area contributed by atoms with Crippen LogP contribution in [-0.2, 0) is 4.79 Å². The van der Waals surface area contributed by atoms with Gasteiger partial charge in [0.2, 0.25) is 11.8 Å². The van der Waals surface area contributed by atoms with Crippen molar-refractivity contribution in [3.8, 4) is 5.88 Å². The summed E-state index contributed by atoms with van der Waals surface area (Å²) in [6.45, 7) is 0. The molecule has 0 aliphatic heterocycles. The number of aromatic nitrogens is 1. The van der Waals surface area contributed by atoms with Crippen LogP contribution in [0.3, 0.4) is 0 Å². The summed E-state index contributed by atoms with van der Waals surface area (Å²) in [5.41, 5.74) is 0.636. The summed E-state index contributed by atoms with van der Waals surface area (Å²) in [5.74, 6) is 0.331. The number of thiophene rings is 1. The van der Waals surface area contributed by atoms with Crippen LogP contribution in [0.1, 0.15) is 4.88 Å². The smallest absolute Gasteiger partial charge is 0.248 e. The van der Waals surface area contributed by atoms with Gasteiger partial charge in [0.25, 0.3) is 0 Å². The highest BCUT2D eigenvalue weighted by molar-refractivity contribution is 7.10. The normalized spacial score (nSPS) is 10.5. The minimum atomic E-state index is -0.185. The highest BCUT2D eigenvalue weighted by Gasteiger charge is 1.99. The number of amides is 1. The molecule has 2 heterocycles. The molecule has 0 saturated heterocycles. The average molecular weight is 260 g/mol. The predicted molar refractivity (Wildman–Crippen MR) is 72.8 cm³/mol. The molecule has 5 heteroatoms. The molecule has 0 radical (unpaired) electrons. The number of ether oxygens (including phenoxy) is 1. The van der Waals surface area contributed by atoms with E-state index in [4.69, 9.17) is 4.74 Å². The Hall–Kier alpha value is -2.14. The SMILES string of the molecule is COc1ccc(NC(=O)C=Cc2cccs2)cn1. The second kappa shape index (κ2) is 5.97. The van der Waals surface area contributed by atoms with Crippen molar-refractivity contribution in [1.29, 1.82) is 0 Å². The van der Waals surface area contributed by atoms with E-state index in [0.29, 0.717) is 11.6 Å². The molecular weight excluding hydrogens is 248 g/mol. The molecule has 0 fully saturated rings. The molecule has 92 valence electrons. The lowest BCUT2D eigenvalue weighted by molar-refractivity contribution is -0.111. The standard InChI is InChI=1S/C13H12N2O2S/c1-17-13-7-4-10(9-14-13)15-12(16)6-5-11-3-2-8-18-11/h2-9H,1H3,(H,15,16). The minimum absolute atomic E-state index is 0.185. The third-order valence-corrected chi connectivity index (χ3v) is 2.99. The zero-order valence-electron chi connectivity index (χ0n) is 9.79. The Labute approximate surface area is 109 Å². The fourth-order valence-electron chi connectivity index (χ4n) is 1.30. The zero-order chi connectivity index (χ0) is 12.8. The van der Waals surface area contributed by atoms with Gasteiger partial charge in [0.15, 0.2) is 0 Å². The maximum absolute atomic E-state index is 11.6. The van der Waals surface area contributed by atoms with E-state index in [1.54, 1.807) is 42.9 Å². The molecule has 2 aromatic heterocycles. The van der Waals surface area contributed by atoms with Crippen LogP contribution in [0.5, 0.6) is 5.88 Å². The first-order valence-electron chi connectivity index (χ1n) is 5.30. The van der Waals surface area contributed by atoms with Crippen molar-refractivity contribution >= 4 is 29.0 Å². The molecule has 0 bridgehead atoms. The van der Waals surface area contributed by atoms with Gasteiger partial charge in [-0.1, -0.05) is 6.07 Å². The molecule has 0 aliphatic rings. The number of nitrogens with one attached hydrogen (secondary N) is 1. The number of hydrogen-bond donors (Lipinski definition) is 1. The van der Waals surface area contributed by atoms with E-state index in [-0.39, 0.29) is 5.91 Å². The Morgan fingerprint density at radius 1 is 1.44 bits per heavy atom. The Morgan fingerprint density at radius 3 is 2.94 bits per heavy atom. The van der Waals surface area contributed by atoms with Crippen molar-refractivity contribution in [3.63, 3.8) is 0 Å². The number of rotatable bonds is 4. The predicted octanol–water partition coefficient (Wildman–Crippen LogP) is 2.80. The maximum atomic E-state index is 11.6. The average Bonchev–Trinajstić information content (AvgIpc) is 2.90. The Morgan fingerprint density at radius 2 is 2.33 bits per heavy atom. The van der Waals surface area contributed by atoms with Gasteiger partial charge in [-0.15, -0.1) is 11.3 Å². The van der Waals surface area contributed by atoms with Crippen LogP contribution >= 0.6 is 11.3 Å². The summed E-state index contributed by atoms with van der Waals surface area (Å²) in [5, 5.41) is 4.68. The van der Waals surface area contributed by atoms with Crippen LogP contribution in [0.4, 0.5) is 5.69 Å². The van der Waals surface area contributed by atoms with Crippen LogP contribution in [0, 0.1) is 0 Å². The molecule has 1 amide bonds. The number of anilines is 1. The molecule has 1 N–H and O–H groups in total. The molecule has 0 spiro atoms.